The van der Waals surface area contributed by atoms with Crippen LogP contribution in [-0.2, 0) is 6.42 Å². The van der Waals surface area contributed by atoms with Crippen LogP contribution in [0.1, 0.15) is 11.1 Å². The van der Waals surface area contributed by atoms with E-state index in [0.29, 0.717) is 11.4 Å². The standard InChI is InChI=1S/C16H14ClNO/c17-16-8-6-14(7-9-16)11-15(12-18-19)10-13-4-2-1-3-5-13/h1-9,11-12,19H,10H2/b15-11?,18-12+. The maximum Gasteiger partial charge on any atom is 0.0697 e. The van der Waals surface area contributed by atoms with Gasteiger partial charge >= 0.3 is 0 Å². The summed E-state index contributed by atoms with van der Waals surface area (Å²) in [5.74, 6) is 0. The summed E-state index contributed by atoms with van der Waals surface area (Å²) < 4.78 is 0. The Bertz CT molecular complexity index is 573. The Morgan fingerprint density at radius 3 is 2.37 bits per heavy atom. The molecule has 0 amide bonds. The van der Waals surface area contributed by atoms with Gasteiger partial charge in [0.15, 0.2) is 0 Å². The van der Waals surface area contributed by atoms with Crippen molar-refractivity contribution in [2.24, 2.45) is 5.16 Å². The van der Waals surface area contributed by atoms with Crippen molar-refractivity contribution in [3.8, 4) is 0 Å². The SMILES string of the molecule is O/N=C/C(=Cc1ccc(Cl)cc1)Cc1ccccc1. The van der Waals surface area contributed by atoms with E-state index < -0.39 is 0 Å². The van der Waals surface area contributed by atoms with Crippen LogP contribution in [0.3, 0.4) is 0 Å². The van der Waals surface area contributed by atoms with E-state index in [2.05, 4.69) is 5.16 Å². The van der Waals surface area contributed by atoms with E-state index in [9.17, 15) is 0 Å². The predicted octanol–water partition coefficient (Wildman–Crippen LogP) is 4.43. The molecule has 0 heterocycles. The quantitative estimate of drug-likeness (QED) is 0.498. The molecule has 2 rings (SSSR count). The average Bonchev–Trinajstić information content (AvgIpc) is 2.43. The molecule has 2 nitrogen and oxygen atoms in total. The van der Waals surface area contributed by atoms with Crippen LogP contribution in [0.2, 0.25) is 5.02 Å². The molecule has 96 valence electrons. The zero-order valence-electron chi connectivity index (χ0n) is 10.3. The van der Waals surface area contributed by atoms with Gasteiger partial charge in [-0.15, -0.1) is 0 Å². The number of hydrogen-bond acceptors (Lipinski definition) is 2. The van der Waals surface area contributed by atoms with Crippen LogP contribution in [0.4, 0.5) is 0 Å². The fourth-order valence-electron chi connectivity index (χ4n) is 1.81. The van der Waals surface area contributed by atoms with E-state index in [4.69, 9.17) is 16.8 Å². The first-order valence-corrected chi connectivity index (χ1v) is 6.33. The van der Waals surface area contributed by atoms with Gasteiger partial charge in [0.2, 0.25) is 0 Å². The first kappa shape index (κ1) is 13.4. The van der Waals surface area contributed by atoms with Crippen molar-refractivity contribution >= 4 is 23.9 Å². The number of oxime groups is 1. The lowest BCUT2D eigenvalue weighted by atomic mass is 10.0. The second kappa shape index (κ2) is 6.76. The molecular weight excluding hydrogens is 258 g/mol. The van der Waals surface area contributed by atoms with Gasteiger partial charge in [0, 0.05) is 5.02 Å². The van der Waals surface area contributed by atoms with E-state index >= 15 is 0 Å². The Hall–Kier alpha value is -2.06. The number of rotatable bonds is 4. The Kier molecular flexibility index (Phi) is 4.76. The molecule has 1 N–H and O–H groups in total. The summed E-state index contributed by atoms with van der Waals surface area (Å²) in [6, 6.07) is 17.6. The number of hydrogen-bond donors (Lipinski definition) is 1. The van der Waals surface area contributed by atoms with Crippen LogP contribution >= 0.6 is 11.6 Å². The fraction of sp³-hybridized carbons (Fsp3) is 0.0625. The highest BCUT2D eigenvalue weighted by Crippen LogP contribution is 2.14. The molecule has 19 heavy (non-hydrogen) atoms. The lowest BCUT2D eigenvalue weighted by Crippen LogP contribution is -1.92. The minimum Gasteiger partial charge on any atom is -0.411 e. The van der Waals surface area contributed by atoms with Crippen molar-refractivity contribution in [2.75, 3.05) is 0 Å². The highest BCUT2D eigenvalue weighted by molar-refractivity contribution is 6.30. The number of halogens is 1. The van der Waals surface area contributed by atoms with Crippen molar-refractivity contribution in [1.82, 2.24) is 0 Å². The topological polar surface area (TPSA) is 32.6 Å². The monoisotopic (exact) mass is 271 g/mol. The number of allylic oxidation sites excluding steroid dienone is 1. The van der Waals surface area contributed by atoms with Crippen molar-refractivity contribution < 1.29 is 5.21 Å². The van der Waals surface area contributed by atoms with E-state index in [-0.39, 0.29) is 0 Å². The number of nitrogens with zero attached hydrogens (tertiary/aromatic N) is 1. The third-order valence-corrected chi connectivity index (χ3v) is 2.95. The fourth-order valence-corrected chi connectivity index (χ4v) is 1.94. The Labute approximate surface area is 117 Å². The molecule has 2 aromatic rings. The zero-order chi connectivity index (χ0) is 13.5. The van der Waals surface area contributed by atoms with Gasteiger partial charge in [0.25, 0.3) is 0 Å². The summed E-state index contributed by atoms with van der Waals surface area (Å²) in [6.07, 6.45) is 4.15. The molecule has 0 saturated carbocycles. The summed E-state index contributed by atoms with van der Waals surface area (Å²) in [4.78, 5) is 0. The van der Waals surface area contributed by atoms with Crippen LogP contribution in [0.15, 0.2) is 65.3 Å². The van der Waals surface area contributed by atoms with Crippen LogP contribution in [0.5, 0.6) is 0 Å². The first-order chi connectivity index (χ1) is 9.28. The summed E-state index contributed by atoms with van der Waals surface area (Å²) >= 11 is 5.85. The van der Waals surface area contributed by atoms with Crippen LogP contribution in [-0.4, -0.2) is 11.4 Å². The summed E-state index contributed by atoms with van der Waals surface area (Å²) in [5, 5.41) is 12.6. The van der Waals surface area contributed by atoms with E-state index in [1.807, 2.05) is 60.7 Å². The maximum absolute atomic E-state index is 8.74. The molecule has 0 atom stereocenters. The Balaban J connectivity index is 2.22. The lowest BCUT2D eigenvalue weighted by molar-refractivity contribution is 0.321. The minimum absolute atomic E-state index is 0.706. The van der Waals surface area contributed by atoms with Crippen molar-refractivity contribution in [2.45, 2.75) is 6.42 Å². The molecule has 0 aliphatic heterocycles. The molecule has 0 unspecified atom stereocenters. The molecule has 0 radical (unpaired) electrons. The molecule has 2 aromatic carbocycles. The lowest BCUT2D eigenvalue weighted by Gasteiger charge is -2.02. The van der Waals surface area contributed by atoms with Gasteiger partial charge in [0.1, 0.15) is 0 Å². The molecule has 0 aliphatic carbocycles. The normalized spacial score (nSPS) is 11.9. The minimum atomic E-state index is 0.706. The van der Waals surface area contributed by atoms with Gasteiger partial charge in [-0.3, -0.25) is 0 Å². The molecule has 3 heteroatoms. The average molecular weight is 272 g/mol. The highest BCUT2D eigenvalue weighted by atomic mass is 35.5. The molecule has 0 aliphatic rings. The molecule has 0 bridgehead atoms. The highest BCUT2D eigenvalue weighted by Gasteiger charge is 1.98. The second-order valence-electron chi connectivity index (χ2n) is 4.18. The predicted molar refractivity (Wildman–Crippen MR) is 79.9 cm³/mol. The largest absolute Gasteiger partial charge is 0.411 e. The van der Waals surface area contributed by atoms with Gasteiger partial charge in [-0.25, -0.2) is 0 Å². The van der Waals surface area contributed by atoms with E-state index in [1.54, 1.807) is 0 Å². The first-order valence-electron chi connectivity index (χ1n) is 5.95. The summed E-state index contributed by atoms with van der Waals surface area (Å²) in [7, 11) is 0. The maximum atomic E-state index is 8.74. The van der Waals surface area contributed by atoms with Crippen molar-refractivity contribution in [3.63, 3.8) is 0 Å². The van der Waals surface area contributed by atoms with E-state index in [1.165, 1.54) is 11.8 Å². The molecular formula is C16H14ClNO. The van der Waals surface area contributed by atoms with Crippen molar-refractivity contribution in [1.29, 1.82) is 0 Å². The summed E-state index contributed by atoms with van der Waals surface area (Å²) in [5.41, 5.74) is 3.12. The van der Waals surface area contributed by atoms with Gasteiger partial charge in [0.05, 0.1) is 6.21 Å². The Morgan fingerprint density at radius 2 is 1.74 bits per heavy atom. The summed E-state index contributed by atoms with van der Waals surface area (Å²) in [6.45, 7) is 0. The van der Waals surface area contributed by atoms with E-state index in [0.717, 1.165) is 11.1 Å². The molecule has 0 aromatic heterocycles. The Morgan fingerprint density at radius 1 is 1.05 bits per heavy atom. The van der Waals surface area contributed by atoms with Crippen LogP contribution < -0.4 is 0 Å². The van der Waals surface area contributed by atoms with Gasteiger partial charge in [-0.05, 0) is 41.3 Å². The van der Waals surface area contributed by atoms with Gasteiger partial charge in [-0.1, -0.05) is 59.2 Å². The third-order valence-electron chi connectivity index (χ3n) is 2.70. The third kappa shape index (κ3) is 4.27. The van der Waals surface area contributed by atoms with Gasteiger partial charge < -0.3 is 5.21 Å². The van der Waals surface area contributed by atoms with Crippen molar-refractivity contribution in [3.05, 3.63) is 76.3 Å². The molecule has 0 saturated heterocycles. The number of benzene rings is 2. The zero-order valence-corrected chi connectivity index (χ0v) is 11.1. The smallest absolute Gasteiger partial charge is 0.0697 e. The molecule has 0 spiro atoms. The van der Waals surface area contributed by atoms with Crippen LogP contribution in [0.25, 0.3) is 6.08 Å². The van der Waals surface area contributed by atoms with Gasteiger partial charge in [-0.2, -0.15) is 0 Å². The second-order valence-corrected chi connectivity index (χ2v) is 4.61. The molecule has 0 fully saturated rings. The van der Waals surface area contributed by atoms with Crippen LogP contribution in [0, 0.1) is 0 Å².